The van der Waals surface area contributed by atoms with E-state index in [2.05, 4.69) is 30.7 Å². The summed E-state index contributed by atoms with van der Waals surface area (Å²) in [7, 11) is 0. The third kappa shape index (κ3) is 2.90. The second kappa shape index (κ2) is 5.41. The summed E-state index contributed by atoms with van der Waals surface area (Å²) in [6.45, 7) is 3.85. The average Bonchev–Trinajstić information content (AvgIpc) is 2.90. The van der Waals surface area contributed by atoms with Gasteiger partial charge in [0.05, 0.1) is 6.20 Å². The van der Waals surface area contributed by atoms with E-state index < -0.39 is 0 Å². The normalized spacial score (nSPS) is 10.8. The van der Waals surface area contributed by atoms with Gasteiger partial charge in [0.15, 0.2) is 0 Å². The average molecular weight is 220 g/mol. The molecule has 0 aliphatic carbocycles. The van der Waals surface area contributed by atoms with Gasteiger partial charge in [-0.25, -0.2) is 4.98 Å². The molecule has 6 nitrogen and oxygen atoms in total. The first-order valence-corrected chi connectivity index (χ1v) is 5.40. The molecular formula is C10H16N6. The minimum Gasteiger partial charge on any atom is -0.313 e. The number of aryl methyl sites for hydroxylation is 2. The summed E-state index contributed by atoms with van der Waals surface area (Å²) in [6.07, 6.45) is 5.37. The lowest BCUT2D eigenvalue weighted by Crippen LogP contribution is -2.15. The second-order valence-corrected chi connectivity index (χ2v) is 3.73. The number of rotatable bonds is 6. The van der Waals surface area contributed by atoms with E-state index in [1.54, 1.807) is 0 Å². The highest BCUT2D eigenvalue weighted by atomic mass is 15.2. The Kier molecular flexibility index (Phi) is 3.66. The van der Waals surface area contributed by atoms with Gasteiger partial charge < -0.3 is 5.32 Å². The molecule has 0 aromatic carbocycles. The van der Waals surface area contributed by atoms with Crippen molar-refractivity contribution in [2.75, 3.05) is 6.54 Å². The lowest BCUT2D eigenvalue weighted by Gasteiger charge is -2.02. The Balaban J connectivity index is 1.61. The van der Waals surface area contributed by atoms with Gasteiger partial charge in [0.2, 0.25) is 0 Å². The summed E-state index contributed by atoms with van der Waals surface area (Å²) in [5.41, 5.74) is 2.35. The van der Waals surface area contributed by atoms with Crippen LogP contribution in [0.5, 0.6) is 0 Å². The number of aromatic amines is 2. The van der Waals surface area contributed by atoms with E-state index in [1.165, 1.54) is 11.9 Å². The van der Waals surface area contributed by atoms with Crippen molar-refractivity contribution in [1.29, 1.82) is 0 Å². The number of nitrogens with one attached hydrogen (secondary N) is 3. The van der Waals surface area contributed by atoms with Crippen molar-refractivity contribution in [3.05, 3.63) is 29.6 Å². The molecule has 2 rings (SSSR count). The van der Waals surface area contributed by atoms with Crippen LogP contribution in [-0.2, 0) is 13.0 Å². The van der Waals surface area contributed by atoms with Gasteiger partial charge in [-0.15, -0.1) is 0 Å². The molecule has 0 unspecified atom stereocenters. The zero-order chi connectivity index (χ0) is 11.2. The zero-order valence-electron chi connectivity index (χ0n) is 9.32. The van der Waals surface area contributed by atoms with E-state index in [0.29, 0.717) is 0 Å². The Labute approximate surface area is 93.9 Å². The van der Waals surface area contributed by atoms with E-state index >= 15 is 0 Å². The molecule has 86 valence electrons. The van der Waals surface area contributed by atoms with E-state index in [-0.39, 0.29) is 0 Å². The topological polar surface area (TPSA) is 82.3 Å². The van der Waals surface area contributed by atoms with Gasteiger partial charge in [-0.05, 0) is 19.9 Å². The fourth-order valence-electron chi connectivity index (χ4n) is 1.51. The van der Waals surface area contributed by atoms with E-state index in [1.807, 2.05) is 13.1 Å². The minimum absolute atomic E-state index is 0.860. The maximum absolute atomic E-state index is 4.07. The first kappa shape index (κ1) is 10.8. The van der Waals surface area contributed by atoms with Gasteiger partial charge in [0, 0.05) is 24.2 Å². The van der Waals surface area contributed by atoms with Gasteiger partial charge in [0.1, 0.15) is 12.2 Å². The molecule has 2 aromatic heterocycles. The van der Waals surface area contributed by atoms with Crippen LogP contribution in [0.3, 0.4) is 0 Å². The molecule has 0 fully saturated rings. The van der Waals surface area contributed by atoms with Crippen molar-refractivity contribution in [1.82, 2.24) is 30.7 Å². The second-order valence-electron chi connectivity index (χ2n) is 3.73. The number of H-pyrrole nitrogens is 2. The monoisotopic (exact) mass is 220 g/mol. The fraction of sp³-hybridized carbons (Fsp3) is 0.500. The molecule has 2 aromatic rings. The first-order chi connectivity index (χ1) is 7.86. The van der Waals surface area contributed by atoms with E-state index in [4.69, 9.17) is 0 Å². The predicted molar refractivity (Wildman–Crippen MR) is 59.7 cm³/mol. The maximum Gasteiger partial charge on any atom is 0.137 e. The van der Waals surface area contributed by atoms with Crippen LogP contribution in [0, 0.1) is 6.92 Å². The summed E-state index contributed by atoms with van der Waals surface area (Å²) in [5.74, 6) is 0.946. The fourth-order valence-corrected chi connectivity index (χ4v) is 1.51. The molecule has 3 N–H and O–H groups in total. The molecule has 2 heterocycles. The summed E-state index contributed by atoms with van der Waals surface area (Å²) in [5, 5.41) is 16.9. The Bertz CT molecular complexity index is 405. The Hall–Kier alpha value is -1.69. The molecule has 0 radical (unpaired) electrons. The molecule has 0 bridgehead atoms. The van der Waals surface area contributed by atoms with Crippen LogP contribution < -0.4 is 5.32 Å². The highest BCUT2D eigenvalue weighted by Gasteiger charge is 1.99. The quantitative estimate of drug-likeness (QED) is 0.621. The SMILES string of the molecule is Cc1[nH]ncc1CNCCCc1ncn[nH]1. The van der Waals surface area contributed by atoms with Gasteiger partial charge in [-0.3, -0.25) is 10.2 Å². The standard InChI is InChI=1S/C10H16N6/c1-8-9(6-13-15-8)5-11-4-2-3-10-12-7-14-16-10/h6-7,11H,2-5H2,1H3,(H,13,15)(H,12,14,16). The number of nitrogens with zero attached hydrogens (tertiary/aromatic N) is 3. The van der Waals surface area contributed by atoms with Crippen LogP contribution in [0.15, 0.2) is 12.5 Å². The Morgan fingerprint density at radius 2 is 2.25 bits per heavy atom. The predicted octanol–water partition coefficient (Wildman–Crippen LogP) is 0.559. The molecular weight excluding hydrogens is 204 g/mol. The van der Waals surface area contributed by atoms with Crippen molar-refractivity contribution in [3.63, 3.8) is 0 Å². The Morgan fingerprint density at radius 3 is 2.94 bits per heavy atom. The molecule has 0 spiro atoms. The molecule has 16 heavy (non-hydrogen) atoms. The third-order valence-corrected chi connectivity index (χ3v) is 2.48. The van der Waals surface area contributed by atoms with Crippen LogP contribution in [0.2, 0.25) is 0 Å². The van der Waals surface area contributed by atoms with Crippen LogP contribution in [0.4, 0.5) is 0 Å². The zero-order valence-corrected chi connectivity index (χ0v) is 9.32. The van der Waals surface area contributed by atoms with Crippen molar-refractivity contribution in [2.24, 2.45) is 0 Å². The minimum atomic E-state index is 0.860. The number of hydrogen-bond acceptors (Lipinski definition) is 4. The maximum atomic E-state index is 4.07. The van der Waals surface area contributed by atoms with Crippen LogP contribution >= 0.6 is 0 Å². The number of aromatic nitrogens is 5. The summed E-state index contributed by atoms with van der Waals surface area (Å²) in [4.78, 5) is 4.07. The molecule has 0 atom stereocenters. The van der Waals surface area contributed by atoms with Crippen molar-refractivity contribution in [3.8, 4) is 0 Å². The highest BCUT2D eigenvalue weighted by Crippen LogP contribution is 2.01. The van der Waals surface area contributed by atoms with Crippen LogP contribution in [0.25, 0.3) is 0 Å². The number of hydrogen-bond donors (Lipinski definition) is 3. The Morgan fingerprint density at radius 1 is 1.31 bits per heavy atom. The third-order valence-electron chi connectivity index (χ3n) is 2.48. The van der Waals surface area contributed by atoms with Gasteiger partial charge in [-0.1, -0.05) is 0 Å². The molecule has 6 heteroatoms. The highest BCUT2D eigenvalue weighted by molar-refractivity contribution is 5.13. The summed E-state index contributed by atoms with van der Waals surface area (Å²) in [6, 6.07) is 0. The lowest BCUT2D eigenvalue weighted by atomic mass is 10.2. The largest absolute Gasteiger partial charge is 0.313 e. The summed E-state index contributed by atoms with van der Waals surface area (Å²) >= 11 is 0. The molecule has 0 aliphatic rings. The van der Waals surface area contributed by atoms with Crippen LogP contribution in [-0.4, -0.2) is 31.9 Å². The van der Waals surface area contributed by atoms with Gasteiger partial charge in [0.25, 0.3) is 0 Å². The van der Waals surface area contributed by atoms with Gasteiger partial charge >= 0.3 is 0 Å². The molecule has 0 aliphatic heterocycles. The molecule has 0 amide bonds. The first-order valence-electron chi connectivity index (χ1n) is 5.40. The summed E-state index contributed by atoms with van der Waals surface area (Å²) < 4.78 is 0. The van der Waals surface area contributed by atoms with Crippen LogP contribution in [0.1, 0.15) is 23.5 Å². The smallest absolute Gasteiger partial charge is 0.137 e. The van der Waals surface area contributed by atoms with E-state index in [0.717, 1.165) is 37.4 Å². The molecule has 0 saturated heterocycles. The van der Waals surface area contributed by atoms with Crippen molar-refractivity contribution >= 4 is 0 Å². The van der Waals surface area contributed by atoms with Crippen molar-refractivity contribution in [2.45, 2.75) is 26.3 Å². The van der Waals surface area contributed by atoms with E-state index in [9.17, 15) is 0 Å². The van der Waals surface area contributed by atoms with Gasteiger partial charge in [-0.2, -0.15) is 10.2 Å². The van der Waals surface area contributed by atoms with Crippen molar-refractivity contribution < 1.29 is 0 Å². The molecule has 0 saturated carbocycles. The lowest BCUT2D eigenvalue weighted by molar-refractivity contribution is 0.638.